The average Bonchev–Trinajstić information content (AvgIpc) is 3.08. The minimum absolute atomic E-state index is 0.0783. The van der Waals surface area contributed by atoms with Crippen molar-refractivity contribution in [1.29, 1.82) is 0 Å². The van der Waals surface area contributed by atoms with Crippen molar-refractivity contribution in [2.45, 2.75) is 45.4 Å². The number of hydrogen-bond donors (Lipinski definition) is 1. The Hall–Kier alpha value is -2.32. The Bertz CT molecular complexity index is 1080. The summed E-state index contributed by atoms with van der Waals surface area (Å²) in [4.78, 5) is 12.5. The van der Waals surface area contributed by atoms with Gasteiger partial charge in [0.25, 0.3) is 0 Å². The molecule has 164 valence electrons. The van der Waals surface area contributed by atoms with Crippen LogP contribution in [0.15, 0.2) is 46.0 Å². The fraction of sp³-hybridized carbons (Fsp3) is 0.348. The Balaban J connectivity index is 1.59. The van der Waals surface area contributed by atoms with E-state index in [0.29, 0.717) is 23.5 Å². The largest absolute Gasteiger partial charge is 0.485 e. The number of anilines is 1. The van der Waals surface area contributed by atoms with Crippen molar-refractivity contribution in [3.63, 3.8) is 0 Å². The summed E-state index contributed by atoms with van der Waals surface area (Å²) in [5.41, 5.74) is 4.23. The van der Waals surface area contributed by atoms with Gasteiger partial charge in [0.15, 0.2) is 11.0 Å². The number of nitrogens with zero attached hydrogens (tertiary/aromatic N) is 3. The van der Waals surface area contributed by atoms with Crippen molar-refractivity contribution in [1.82, 2.24) is 14.8 Å². The maximum Gasteiger partial charge on any atom is 0.234 e. The van der Waals surface area contributed by atoms with Gasteiger partial charge in [-0.15, -0.1) is 10.2 Å². The van der Waals surface area contributed by atoms with Crippen molar-refractivity contribution >= 4 is 39.3 Å². The molecule has 0 spiro atoms. The van der Waals surface area contributed by atoms with E-state index in [2.05, 4.69) is 58.3 Å². The lowest BCUT2D eigenvalue weighted by Crippen LogP contribution is -2.16. The van der Waals surface area contributed by atoms with Crippen LogP contribution in [-0.2, 0) is 18.4 Å². The molecule has 0 saturated carbocycles. The van der Waals surface area contributed by atoms with Crippen LogP contribution < -0.4 is 10.1 Å². The monoisotopic (exact) mass is 502 g/mol. The van der Waals surface area contributed by atoms with E-state index in [-0.39, 0.29) is 11.7 Å². The summed E-state index contributed by atoms with van der Waals surface area (Å²) in [6.07, 6.45) is 0. The van der Waals surface area contributed by atoms with Crippen molar-refractivity contribution in [3.8, 4) is 5.75 Å². The zero-order chi connectivity index (χ0) is 22.5. The van der Waals surface area contributed by atoms with Gasteiger partial charge in [-0.05, 0) is 60.7 Å². The van der Waals surface area contributed by atoms with E-state index in [4.69, 9.17) is 4.74 Å². The number of aryl methyl sites for hydroxylation is 1. The predicted octanol–water partition coefficient (Wildman–Crippen LogP) is 5.63. The van der Waals surface area contributed by atoms with Crippen LogP contribution in [0.5, 0.6) is 5.75 Å². The molecule has 1 heterocycles. The van der Waals surface area contributed by atoms with Crippen LogP contribution in [0.3, 0.4) is 0 Å². The van der Waals surface area contributed by atoms with Gasteiger partial charge in [0, 0.05) is 17.2 Å². The van der Waals surface area contributed by atoms with Gasteiger partial charge < -0.3 is 14.6 Å². The van der Waals surface area contributed by atoms with E-state index in [0.717, 1.165) is 27.0 Å². The van der Waals surface area contributed by atoms with E-state index in [1.165, 1.54) is 17.3 Å². The molecular weight excluding hydrogens is 476 g/mol. The number of thioether (sulfide) groups is 1. The van der Waals surface area contributed by atoms with Gasteiger partial charge in [-0.2, -0.15) is 0 Å². The van der Waals surface area contributed by atoms with Gasteiger partial charge in [0.05, 0.1) is 5.75 Å². The molecule has 1 aromatic heterocycles. The Labute approximate surface area is 195 Å². The Morgan fingerprint density at radius 1 is 1.23 bits per heavy atom. The molecule has 0 aliphatic carbocycles. The number of carbonyl (C=O) groups is 1. The first-order valence-electron chi connectivity index (χ1n) is 10.1. The first-order chi connectivity index (χ1) is 14.8. The summed E-state index contributed by atoms with van der Waals surface area (Å²) < 4.78 is 8.79. The van der Waals surface area contributed by atoms with Gasteiger partial charge in [-0.1, -0.05) is 53.7 Å². The predicted molar refractivity (Wildman–Crippen MR) is 129 cm³/mol. The van der Waals surface area contributed by atoms with Gasteiger partial charge in [-0.25, -0.2) is 0 Å². The van der Waals surface area contributed by atoms with E-state index >= 15 is 0 Å². The summed E-state index contributed by atoms with van der Waals surface area (Å²) in [7, 11) is 1.88. The normalized spacial score (nSPS) is 11.1. The molecule has 0 bridgehead atoms. The van der Waals surface area contributed by atoms with Crippen molar-refractivity contribution in [3.05, 3.63) is 63.4 Å². The number of aromatic nitrogens is 3. The Kier molecular flexibility index (Phi) is 7.78. The minimum Gasteiger partial charge on any atom is -0.485 e. The SMILES string of the molecule is Cc1cccc(OCc2nnc(SCC(=O)Nc3ccc(Br)cc3C(C)C)n2C)c1C. The van der Waals surface area contributed by atoms with Crippen LogP contribution in [-0.4, -0.2) is 26.4 Å². The third-order valence-corrected chi connectivity index (χ3v) is 6.59. The van der Waals surface area contributed by atoms with Gasteiger partial charge >= 0.3 is 0 Å². The first kappa shape index (κ1) is 23.3. The zero-order valence-corrected chi connectivity index (χ0v) is 20.8. The number of nitrogens with one attached hydrogen (secondary N) is 1. The quantitative estimate of drug-likeness (QED) is 0.404. The smallest absolute Gasteiger partial charge is 0.234 e. The number of halogens is 1. The first-order valence-corrected chi connectivity index (χ1v) is 11.8. The molecule has 1 amide bonds. The summed E-state index contributed by atoms with van der Waals surface area (Å²) in [6.45, 7) is 8.62. The molecule has 0 atom stereocenters. The molecule has 8 heteroatoms. The van der Waals surface area contributed by atoms with Crippen LogP contribution in [0.1, 0.15) is 42.3 Å². The molecule has 2 aromatic carbocycles. The number of benzene rings is 2. The lowest BCUT2D eigenvalue weighted by atomic mass is 10.0. The summed E-state index contributed by atoms with van der Waals surface area (Å²) >= 11 is 4.84. The Morgan fingerprint density at radius 3 is 2.74 bits per heavy atom. The molecule has 0 aliphatic heterocycles. The van der Waals surface area contributed by atoms with Crippen LogP contribution in [0, 0.1) is 13.8 Å². The molecule has 6 nitrogen and oxygen atoms in total. The number of carbonyl (C=O) groups excluding carboxylic acids is 1. The van der Waals surface area contributed by atoms with E-state index in [9.17, 15) is 4.79 Å². The standard InChI is InChI=1S/C23H27BrN4O2S/c1-14(2)18-11-17(24)9-10-19(18)25-22(29)13-31-23-27-26-21(28(23)5)12-30-20-8-6-7-15(3)16(20)4/h6-11,14H,12-13H2,1-5H3,(H,25,29). The molecule has 0 saturated heterocycles. The summed E-state index contributed by atoms with van der Waals surface area (Å²) in [5, 5.41) is 12.1. The fourth-order valence-corrected chi connectivity index (χ4v) is 4.17. The van der Waals surface area contributed by atoms with Crippen LogP contribution >= 0.6 is 27.7 Å². The maximum absolute atomic E-state index is 12.5. The Morgan fingerprint density at radius 2 is 2.00 bits per heavy atom. The van der Waals surface area contributed by atoms with Crippen LogP contribution in [0.2, 0.25) is 0 Å². The third-order valence-electron chi connectivity index (χ3n) is 5.08. The van der Waals surface area contributed by atoms with Crippen LogP contribution in [0.25, 0.3) is 0 Å². The molecule has 31 heavy (non-hydrogen) atoms. The number of rotatable bonds is 8. The second kappa shape index (κ2) is 10.3. The maximum atomic E-state index is 12.5. The minimum atomic E-state index is -0.0783. The summed E-state index contributed by atoms with van der Waals surface area (Å²) in [5.74, 6) is 2.02. The van der Waals surface area contributed by atoms with Crippen molar-refractivity contribution < 1.29 is 9.53 Å². The summed E-state index contributed by atoms with van der Waals surface area (Å²) in [6, 6.07) is 11.9. The van der Waals surface area contributed by atoms with Gasteiger partial charge in [-0.3, -0.25) is 4.79 Å². The second-order valence-electron chi connectivity index (χ2n) is 7.67. The molecule has 1 N–H and O–H groups in total. The zero-order valence-electron chi connectivity index (χ0n) is 18.4. The lowest BCUT2D eigenvalue weighted by Gasteiger charge is -2.14. The van der Waals surface area contributed by atoms with Gasteiger partial charge in [0.1, 0.15) is 12.4 Å². The van der Waals surface area contributed by atoms with Crippen molar-refractivity contribution in [2.24, 2.45) is 7.05 Å². The highest BCUT2D eigenvalue weighted by Gasteiger charge is 2.14. The highest BCUT2D eigenvalue weighted by Crippen LogP contribution is 2.28. The highest BCUT2D eigenvalue weighted by molar-refractivity contribution is 9.10. The molecule has 0 radical (unpaired) electrons. The molecule has 3 rings (SSSR count). The fourth-order valence-electron chi connectivity index (χ4n) is 3.06. The molecule has 0 fully saturated rings. The van der Waals surface area contributed by atoms with Crippen LogP contribution in [0.4, 0.5) is 5.69 Å². The third kappa shape index (κ3) is 5.89. The lowest BCUT2D eigenvalue weighted by molar-refractivity contribution is -0.113. The molecule has 0 unspecified atom stereocenters. The van der Waals surface area contributed by atoms with E-state index < -0.39 is 0 Å². The van der Waals surface area contributed by atoms with Crippen molar-refractivity contribution in [2.75, 3.05) is 11.1 Å². The number of hydrogen-bond acceptors (Lipinski definition) is 5. The second-order valence-corrected chi connectivity index (χ2v) is 9.53. The van der Waals surface area contributed by atoms with Gasteiger partial charge in [0.2, 0.25) is 5.91 Å². The van der Waals surface area contributed by atoms with E-state index in [1.54, 1.807) is 0 Å². The average molecular weight is 503 g/mol. The molecular formula is C23H27BrN4O2S. The highest BCUT2D eigenvalue weighted by atomic mass is 79.9. The number of amides is 1. The number of ether oxygens (including phenoxy) is 1. The van der Waals surface area contributed by atoms with E-state index in [1.807, 2.05) is 48.9 Å². The topological polar surface area (TPSA) is 69.0 Å². The molecule has 3 aromatic rings. The molecule has 0 aliphatic rings.